The Morgan fingerprint density at radius 3 is 2.50 bits per heavy atom. The third-order valence-corrected chi connectivity index (χ3v) is 5.40. The summed E-state index contributed by atoms with van der Waals surface area (Å²) in [6.07, 6.45) is 2.93. The summed E-state index contributed by atoms with van der Waals surface area (Å²) in [4.78, 5) is 0. The topological polar surface area (TPSA) is 92.1 Å². The van der Waals surface area contributed by atoms with Crippen molar-refractivity contribution in [2.75, 3.05) is 6.54 Å². The van der Waals surface area contributed by atoms with E-state index in [2.05, 4.69) is 17.1 Å². The molecule has 1 aromatic heterocycles. The minimum Gasteiger partial charge on any atom is -0.326 e. The smallest absolute Gasteiger partial charge is 0.262 e. The van der Waals surface area contributed by atoms with Crippen molar-refractivity contribution in [2.24, 2.45) is 5.73 Å². The second-order valence-electron chi connectivity index (χ2n) is 5.25. The molecule has 0 aliphatic heterocycles. The van der Waals surface area contributed by atoms with Gasteiger partial charge in [0.2, 0.25) is 0 Å². The van der Waals surface area contributed by atoms with Crippen LogP contribution in [-0.2, 0) is 16.6 Å². The van der Waals surface area contributed by atoms with Gasteiger partial charge in [0.15, 0.2) is 5.03 Å². The lowest BCUT2D eigenvalue weighted by atomic mass is 10.2. The maximum atomic E-state index is 12.7. The highest BCUT2D eigenvalue weighted by molar-refractivity contribution is 7.89. The molecule has 0 radical (unpaired) electrons. The molecule has 0 atom stereocenters. The van der Waals surface area contributed by atoms with E-state index in [4.69, 9.17) is 5.73 Å². The van der Waals surface area contributed by atoms with Crippen molar-refractivity contribution in [3.8, 4) is 0 Å². The molecular weight excluding hydrogens is 276 g/mol. The number of hydrogen-bond acceptors (Lipinski definition) is 4. The van der Waals surface area contributed by atoms with Gasteiger partial charge in [0.1, 0.15) is 0 Å². The lowest BCUT2D eigenvalue weighted by Gasteiger charge is -2.25. The van der Waals surface area contributed by atoms with Gasteiger partial charge in [-0.2, -0.15) is 9.40 Å². The van der Waals surface area contributed by atoms with Crippen LogP contribution in [0.1, 0.15) is 51.3 Å². The van der Waals surface area contributed by atoms with E-state index in [1.165, 1.54) is 4.31 Å². The highest BCUT2D eigenvalue weighted by Gasteiger charge is 2.31. The summed E-state index contributed by atoms with van der Waals surface area (Å²) in [5, 5.41) is 6.75. The van der Waals surface area contributed by atoms with E-state index in [1.54, 1.807) is 6.92 Å². The summed E-state index contributed by atoms with van der Waals surface area (Å²) in [7, 11) is -3.59. The molecule has 0 unspecified atom stereocenters. The Bertz CT molecular complexity index is 522. The molecule has 0 spiro atoms. The molecule has 1 heterocycles. The van der Waals surface area contributed by atoms with Gasteiger partial charge in [-0.3, -0.25) is 5.10 Å². The van der Waals surface area contributed by atoms with E-state index in [9.17, 15) is 8.42 Å². The summed E-state index contributed by atoms with van der Waals surface area (Å²) in [6.45, 7) is 8.32. The Kier molecular flexibility index (Phi) is 6.16. The van der Waals surface area contributed by atoms with Crippen LogP contribution in [0.3, 0.4) is 0 Å². The molecule has 0 fully saturated rings. The van der Waals surface area contributed by atoms with Crippen molar-refractivity contribution in [3.05, 3.63) is 11.3 Å². The van der Waals surface area contributed by atoms with E-state index in [0.717, 1.165) is 19.3 Å². The second kappa shape index (κ2) is 7.19. The number of H-pyrrole nitrogens is 1. The van der Waals surface area contributed by atoms with E-state index in [-0.39, 0.29) is 17.6 Å². The normalized spacial score (nSPS) is 12.6. The fourth-order valence-electron chi connectivity index (χ4n) is 2.17. The number of unbranched alkanes of at least 4 members (excludes halogenated alkanes) is 2. The van der Waals surface area contributed by atoms with Crippen LogP contribution in [0.2, 0.25) is 0 Å². The first-order valence-electron chi connectivity index (χ1n) is 7.12. The molecule has 116 valence electrons. The highest BCUT2D eigenvalue weighted by atomic mass is 32.2. The standard InChI is InChI=1S/C13H26N4O2S/c1-5-6-7-8-17(10(2)3)20(18,19)13-12(9-14)11(4)15-16-13/h10H,5-9,14H2,1-4H3,(H,15,16). The van der Waals surface area contributed by atoms with E-state index in [1.807, 2.05) is 13.8 Å². The zero-order valence-electron chi connectivity index (χ0n) is 12.8. The fourth-order valence-corrected chi connectivity index (χ4v) is 4.02. The van der Waals surface area contributed by atoms with Gasteiger partial charge in [0.25, 0.3) is 10.0 Å². The number of aryl methyl sites for hydroxylation is 1. The minimum atomic E-state index is -3.59. The minimum absolute atomic E-state index is 0.0719. The molecule has 3 N–H and O–H groups in total. The van der Waals surface area contributed by atoms with Crippen LogP contribution in [0.4, 0.5) is 0 Å². The molecule has 0 aliphatic rings. The number of nitrogens with one attached hydrogen (secondary N) is 1. The van der Waals surface area contributed by atoms with Crippen molar-refractivity contribution in [2.45, 2.75) is 64.6 Å². The van der Waals surface area contributed by atoms with Gasteiger partial charge in [0.05, 0.1) is 0 Å². The molecule has 0 bridgehead atoms. The third kappa shape index (κ3) is 3.59. The van der Waals surface area contributed by atoms with Crippen LogP contribution in [-0.4, -0.2) is 35.5 Å². The van der Waals surface area contributed by atoms with Gasteiger partial charge in [-0.25, -0.2) is 8.42 Å². The first-order chi connectivity index (χ1) is 9.36. The Labute approximate surface area is 121 Å². The number of nitrogens with two attached hydrogens (primary N) is 1. The lowest BCUT2D eigenvalue weighted by molar-refractivity contribution is 0.344. The van der Waals surface area contributed by atoms with Crippen LogP contribution in [0, 0.1) is 6.92 Å². The second-order valence-corrected chi connectivity index (χ2v) is 7.06. The molecule has 1 rings (SSSR count). The molecule has 0 amide bonds. The maximum absolute atomic E-state index is 12.7. The average Bonchev–Trinajstić information content (AvgIpc) is 2.75. The van der Waals surface area contributed by atoms with Gasteiger partial charge in [0, 0.05) is 30.4 Å². The number of aromatic amines is 1. The Morgan fingerprint density at radius 1 is 1.35 bits per heavy atom. The zero-order valence-corrected chi connectivity index (χ0v) is 13.6. The number of nitrogens with zero attached hydrogens (tertiary/aromatic N) is 2. The first-order valence-corrected chi connectivity index (χ1v) is 8.56. The SMILES string of the molecule is CCCCCN(C(C)C)S(=O)(=O)c1n[nH]c(C)c1CN. The van der Waals surface area contributed by atoms with Crippen molar-refractivity contribution in [3.63, 3.8) is 0 Å². The predicted octanol–water partition coefficient (Wildman–Crippen LogP) is 1.77. The summed E-state index contributed by atoms with van der Waals surface area (Å²) >= 11 is 0. The number of aromatic nitrogens is 2. The molecule has 20 heavy (non-hydrogen) atoms. The van der Waals surface area contributed by atoms with Gasteiger partial charge in [-0.05, 0) is 27.2 Å². The summed E-state index contributed by atoms with van der Waals surface area (Å²) in [6, 6.07) is -0.0977. The van der Waals surface area contributed by atoms with Crippen LogP contribution in [0.25, 0.3) is 0 Å². The van der Waals surface area contributed by atoms with Crippen LogP contribution < -0.4 is 5.73 Å². The Morgan fingerprint density at radius 2 is 2.00 bits per heavy atom. The van der Waals surface area contributed by atoms with Crippen molar-refractivity contribution in [1.82, 2.24) is 14.5 Å². The quantitative estimate of drug-likeness (QED) is 0.716. The van der Waals surface area contributed by atoms with Crippen LogP contribution in [0.15, 0.2) is 5.03 Å². The maximum Gasteiger partial charge on any atom is 0.262 e. The molecule has 0 aromatic carbocycles. The molecule has 6 nitrogen and oxygen atoms in total. The van der Waals surface area contributed by atoms with E-state index < -0.39 is 10.0 Å². The number of rotatable bonds is 8. The van der Waals surface area contributed by atoms with Crippen molar-refractivity contribution < 1.29 is 8.42 Å². The molecular formula is C13H26N4O2S. The Balaban J connectivity index is 3.09. The monoisotopic (exact) mass is 302 g/mol. The summed E-state index contributed by atoms with van der Waals surface area (Å²) in [5.74, 6) is 0. The number of hydrogen-bond donors (Lipinski definition) is 2. The molecule has 1 aromatic rings. The van der Waals surface area contributed by atoms with Gasteiger partial charge < -0.3 is 5.73 Å². The highest BCUT2D eigenvalue weighted by Crippen LogP contribution is 2.22. The van der Waals surface area contributed by atoms with Gasteiger partial charge in [-0.15, -0.1) is 0 Å². The summed E-state index contributed by atoms with van der Waals surface area (Å²) in [5.41, 5.74) is 6.93. The summed E-state index contributed by atoms with van der Waals surface area (Å²) < 4.78 is 27.0. The largest absolute Gasteiger partial charge is 0.326 e. The Hall–Kier alpha value is -0.920. The van der Waals surface area contributed by atoms with Crippen LogP contribution >= 0.6 is 0 Å². The van der Waals surface area contributed by atoms with Gasteiger partial charge >= 0.3 is 0 Å². The average molecular weight is 302 g/mol. The zero-order chi connectivity index (χ0) is 15.3. The molecule has 0 saturated heterocycles. The van der Waals surface area contributed by atoms with Gasteiger partial charge in [-0.1, -0.05) is 19.8 Å². The van der Waals surface area contributed by atoms with E-state index >= 15 is 0 Å². The molecule has 7 heteroatoms. The van der Waals surface area contributed by atoms with Crippen LogP contribution in [0.5, 0.6) is 0 Å². The molecule has 0 aliphatic carbocycles. The predicted molar refractivity (Wildman–Crippen MR) is 79.8 cm³/mol. The van der Waals surface area contributed by atoms with E-state index in [0.29, 0.717) is 17.8 Å². The first kappa shape index (κ1) is 17.1. The lowest BCUT2D eigenvalue weighted by Crippen LogP contribution is -2.38. The fraction of sp³-hybridized carbons (Fsp3) is 0.769. The number of sulfonamides is 1. The van der Waals surface area contributed by atoms with Crippen molar-refractivity contribution >= 4 is 10.0 Å². The third-order valence-electron chi connectivity index (χ3n) is 3.35. The molecule has 0 saturated carbocycles. The van der Waals surface area contributed by atoms with Crippen molar-refractivity contribution in [1.29, 1.82) is 0 Å².